The molecule has 7 nitrogen and oxygen atoms in total. The lowest BCUT2D eigenvalue weighted by Gasteiger charge is -2.15. The molecule has 0 unspecified atom stereocenters. The summed E-state index contributed by atoms with van der Waals surface area (Å²) in [7, 11) is 1.73. The fourth-order valence-corrected chi connectivity index (χ4v) is 2.35. The second kappa shape index (κ2) is 9.39. The molecule has 0 aliphatic heterocycles. The lowest BCUT2D eigenvalue weighted by molar-refractivity contribution is 0.313. The van der Waals surface area contributed by atoms with Crippen molar-refractivity contribution in [2.45, 2.75) is 59.5 Å². The molecule has 1 heterocycles. The molecule has 0 bridgehead atoms. The topological polar surface area (TPSA) is 84.6 Å². The average molecular weight is 374 g/mol. The minimum absolute atomic E-state index is 0.161. The maximum absolute atomic E-state index is 5.86. The Labute approximate surface area is 161 Å². The van der Waals surface area contributed by atoms with E-state index in [9.17, 15) is 0 Å². The number of nitrogens with zero attached hydrogens (tertiary/aromatic N) is 3. The van der Waals surface area contributed by atoms with E-state index in [2.05, 4.69) is 57.8 Å². The van der Waals surface area contributed by atoms with Crippen LogP contribution < -0.4 is 15.4 Å². The van der Waals surface area contributed by atoms with Gasteiger partial charge in [0.2, 0.25) is 5.89 Å². The van der Waals surface area contributed by atoms with Crippen LogP contribution >= 0.6 is 0 Å². The molecule has 0 saturated carbocycles. The Balaban J connectivity index is 1.93. The quantitative estimate of drug-likeness (QED) is 0.572. The molecule has 148 valence electrons. The molecule has 1 aromatic carbocycles. The van der Waals surface area contributed by atoms with Gasteiger partial charge in [0.1, 0.15) is 5.75 Å². The minimum atomic E-state index is -0.161. The van der Waals surface area contributed by atoms with Gasteiger partial charge in [0, 0.05) is 24.6 Å². The SMILES string of the molecule is CCCOc1cc(C)ccc1CNC(=NC)NCc1noc(C(C)(C)C)n1. The van der Waals surface area contributed by atoms with Crippen LogP contribution in [0.2, 0.25) is 0 Å². The average Bonchev–Trinajstić information content (AvgIpc) is 3.10. The number of aromatic nitrogens is 2. The molecule has 0 amide bonds. The van der Waals surface area contributed by atoms with Gasteiger partial charge in [0.25, 0.3) is 0 Å². The van der Waals surface area contributed by atoms with Crippen LogP contribution in [0.15, 0.2) is 27.7 Å². The van der Waals surface area contributed by atoms with Crippen molar-refractivity contribution >= 4 is 5.96 Å². The molecule has 2 N–H and O–H groups in total. The normalized spacial score (nSPS) is 12.1. The molecule has 0 fully saturated rings. The van der Waals surface area contributed by atoms with Gasteiger partial charge < -0.3 is 19.9 Å². The lowest BCUT2D eigenvalue weighted by Crippen LogP contribution is -2.36. The summed E-state index contributed by atoms with van der Waals surface area (Å²) in [5.41, 5.74) is 2.11. The summed E-state index contributed by atoms with van der Waals surface area (Å²) >= 11 is 0. The first-order valence-electron chi connectivity index (χ1n) is 9.33. The number of aryl methyl sites for hydroxylation is 1. The van der Waals surface area contributed by atoms with Gasteiger partial charge in [-0.2, -0.15) is 4.98 Å². The first kappa shape index (κ1) is 20.7. The Kier molecular flexibility index (Phi) is 7.21. The second-order valence-electron chi connectivity index (χ2n) is 7.50. The molecular formula is C20H31N5O2. The maximum Gasteiger partial charge on any atom is 0.232 e. The van der Waals surface area contributed by atoms with Crippen molar-refractivity contribution in [2.75, 3.05) is 13.7 Å². The van der Waals surface area contributed by atoms with Gasteiger partial charge in [-0.15, -0.1) is 0 Å². The summed E-state index contributed by atoms with van der Waals surface area (Å²) in [6.45, 7) is 12.0. The number of aliphatic imine (C=N–C) groups is 1. The highest BCUT2D eigenvalue weighted by atomic mass is 16.5. The third-order valence-corrected chi connectivity index (χ3v) is 3.88. The molecule has 0 radical (unpaired) electrons. The van der Waals surface area contributed by atoms with Crippen LogP contribution in [-0.2, 0) is 18.5 Å². The van der Waals surface area contributed by atoms with Crippen LogP contribution in [0.3, 0.4) is 0 Å². The van der Waals surface area contributed by atoms with Crippen LogP contribution in [-0.4, -0.2) is 29.8 Å². The van der Waals surface area contributed by atoms with Crippen LogP contribution in [0.5, 0.6) is 5.75 Å². The molecule has 0 aliphatic carbocycles. The third-order valence-electron chi connectivity index (χ3n) is 3.88. The van der Waals surface area contributed by atoms with Crippen molar-refractivity contribution in [3.63, 3.8) is 0 Å². The fraction of sp³-hybridized carbons (Fsp3) is 0.550. The number of hydrogen-bond acceptors (Lipinski definition) is 5. The van der Waals surface area contributed by atoms with E-state index in [1.54, 1.807) is 7.05 Å². The monoisotopic (exact) mass is 373 g/mol. The van der Waals surface area contributed by atoms with Crippen molar-refractivity contribution in [1.82, 2.24) is 20.8 Å². The molecule has 0 aliphatic rings. The lowest BCUT2D eigenvalue weighted by atomic mass is 9.97. The van der Waals surface area contributed by atoms with Crippen LogP contribution in [0.4, 0.5) is 0 Å². The number of guanidine groups is 1. The highest BCUT2D eigenvalue weighted by molar-refractivity contribution is 5.79. The Morgan fingerprint density at radius 2 is 1.96 bits per heavy atom. The van der Waals surface area contributed by atoms with Crippen LogP contribution in [0.25, 0.3) is 0 Å². The zero-order valence-electron chi connectivity index (χ0n) is 17.2. The number of benzene rings is 1. The van der Waals surface area contributed by atoms with Gasteiger partial charge in [-0.25, -0.2) is 0 Å². The Morgan fingerprint density at radius 3 is 2.59 bits per heavy atom. The van der Waals surface area contributed by atoms with E-state index in [0.29, 0.717) is 37.4 Å². The van der Waals surface area contributed by atoms with E-state index >= 15 is 0 Å². The first-order valence-corrected chi connectivity index (χ1v) is 9.33. The van der Waals surface area contributed by atoms with Crippen LogP contribution in [0.1, 0.15) is 57.0 Å². The van der Waals surface area contributed by atoms with Crippen molar-refractivity contribution in [1.29, 1.82) is 0 Å². The molecule has 2 rings (SSSR count). The van der Waals surface area contributed by atoms with Crippen molar-refractivity contribution in [2.24, 2.45) is 4.99 Å². The highest BCUT2D eigenvalue weighted by Gasteiger charge is 2.21. The first-order chi connectivity index (χ1) is 12.8. The summed E-state index contributed by atoms with van der Waals surface area (Å²) in [5.74, 6) is 2.80. The van der Waals surface area contributed by atoms with Crippen molar-refractivity contribution in [3.05, 3.63) is 41.0 Å². The van der Waals surface area contributed by atoms with E-state index in [1.165, 1.54) is 5.56 Å². The highest BCUT2D eigenvalue weighted by Crippen LogP contribution is 2.21. The number of rotatable bonds is 7. The largest absolute Gasteiger partial charge is 0.493 e. The molecule has 27 heavy (non-hydrogen) atoms. The van der Waals surface area contributed by atoms with Gasteiger partial charge in [-0.3, -0.25) is 4.99 Å². The molecule has 0 saturated heterocycles. The summed E-state index contributed by atoms with van der Waals surface area (Å²) in [5, 5.41) is 10.5. The predicted octanol–water partition coefficient (Wildman–Crippen LogP) is 3.33. The fourth-order valence-electron chi connectivity index (χ4n) is 2.35. The van der Waals surface area contributed by atoms with E-state index < -0.39 is 0 Å². The van der Waals surface area contributed by atoms with Gasteiger partial charge in [-0.05, 0) is 25.0 Å². The maximum atomic E-state index is 5.86. The van der Waals surface area contributed by atoms with Crippen LogP contribution in [0, 0.1) is 6.92 Å². The van der Waals surface area contributed by atoms with Crippen molar-refractivity contribution in [3.8, 4) is 5.75 Å². The summed E-state index contributed by atoms with van der Waals surface area (Å²) in [4.78, 5) is 8.67. The Morgan fingerprint density at radius 1 is 1.22 bits per heavy atom. The molecule has 0 spiro atoms. The van der Waals surface area contributed by atoms with E-state index in [-0.39, 0.29) is 5.41 Å². The second-order valence-corrected chi connectivity index (χ2v) is 7.50. The summed E-state index contributed by atoms with van der Waals surface area (Å²) in [6.07, 6.45) is 0.977. The van der Waals surface area contributed by atoms with Gasteiger partial charge in [0.15, 0.2) is 11.8 Å². The number of hydrogen-bond donors (Lipinski definition) is 2. The number of nitrogens with one attached hydrogen (secondary N) is 2. The zero-order chi connectivity index (χ0) is 19.9. The summed E-state index contributed by atoms with van der Waals surface area (Å²) in [6, 6.07) is 6.23. The van der Waals surface area contributed by atoms with Gasteiger partial charge >= 0.3 is 0 Å². The van der Waals surface area contributed by atoms with Gasteiger partial charge in [-0.1, -0.05) is 45.0 Å². The Hall–Kier alpha value is -2.57. The molecular weight excluding hydrogens is 342 g/mol. The van der Waals surface area contributed by atoms with E-state index in [0.717, 1.165) is 17.7 Å². The zero-order valence-corrected chi connectivity index (χ0v) is 17.2. The smallest absolute Gasteiger partial charge is 0.232 e. The van der Waals surface area contributed by atoms with Gasteiger partial charge in [0.05, 0.1) is 13.2 Å². The minimum Gasteiger partial charge on any atom is -0.493 e. The summed E-state index contributed by atoms with van der Waals surface area (Å²) < 4.78 is 11.2. The molecule has 2 aromatic rings. The number of ether oxygens (including phenoxy) is 1. The van der Waals surface area contributed by atoms with Crippen molar-refractivity contribution < 1.29 is 9.26 Å². The molecule has 1 aromatic heterocycles. The van der Waals surface area contributed by atoms with E-state index in [1.807, 2.05) is 20.8 Å². The standard InChI is InChI=1S/C20H31N5O2/c1-7-10-26-16-11-14(2)8-9-15(16)12-22-19(21-6)23-13-17-24-18(27-25-17)20(3,4)5/h8-9,11H,7,10,12-13H2,1-6H3,(H2,21,22,23). The third kappa shape index (κ3) is 6.27. The predicted molar refractivity (Wildman–Crippen MR) is 107 cm³/mol. The van der Waals surface area contributed by atoms with E-state index in [4.69, 9.17) is 9.26 Å². The molecule has 0 atom stereocenters. The molecule has 7 heteroatoms. The Bertz CT molecular complexity index is 762.